The first-order valence-corrected chi connectivity index (χ1v) is 6.95. The van der Waals surface area contributed by atoms with Gasteiger partial charge in [-0.1, -0.05) is 40.5 Å². The van der Waals surface area contributed by atoms with Crippen LogP contribution in [0.25, 0.3) is 0 Å². The number of rotatable bonds is 2. The quantitative estimate of drug-likeness (QED) is 0.835. The first kappa shape index (κ1) is 12.6. The molecular weight excluding hydrogens is 297 g/mol. The highest BCUT2D eigenvalue weighted by atomic mass is 79.9. The Morgan fingerprint density at radius 1 is 1.65 bits per heavy atom. The van der Waals surface area contributed by atoms with Gasteiger partial charge in [-0.25, -0.2) is 0 Å². The summed E-state index contributed by atoms with van der Waals surface area (Å²) in [6.45, 7) is 2.05. The number of halogens is 1. The second-order valence-electron chi connectivity index (χ2n) is 4.00. The summed E-state index contributed by atoms with van der Waals surface area (Å²) in [6, 6.07) is 3.66. The van der Waals surface area contributed by atoms with Crippen LogP contribution in [0.4, 0.5) is 0 Å². The van der Waals surface area contributed by atoms with E-state index in [1.165, 1.54) is 11.3 Å². The third-order valence-corrected chi connectivity index (χ3v) is 4.03. The molecule has 1 unspecified atom stereocenters. The Kier molecular flexibility index (Phi) is 3.89. The summed E-state index contributed by atoms with van der Waals surface area (Å²) in [5, 5.41) is 4.78. The van der Waals surface area contributed by atoms with E-state index in [4.69, 9.17) is 7.85 Å². The van der Waals surface area contributed by atoms with Crippen molar-refractivity contribution in [3.8, 4) is 0 Å². The molecule has 1 heterocycles. The van der Waals surface area contributed by atoms with Gasteiger partial charge in [0.1, 0.15) is 7.85 Å². The number of thiophene rings is 1. The van der Waals surface area contributed by atoms with Crippen molar-refractivity contribution in [3.05, 3.63) is 44.1 Å². The van der Waals surface area contributed by atoms with Crippen molar-refractivity contribution in [2.45, 2.75) is 13.3 Å². The fourth-order valence-electron chi connectivity index (χ4n) is 1.77. The number of carbonyl (C=O) groups excluding carboxylic acids is 1. The molecule has 1 amide bonds. The molecule has 2 rings (SSSR count). The van der Waals surface area contributed by atoms with E-state index in [2.05, 4.69) is 21.2 Å². The van der Waals surface area contributed by atoms with Crippen LogP contribution in [-0.4, -0.2) is 13.8 Å². The zero-order chi connectivity index (χ0) is 12.4. The lowest BCUT2D eigenvalue weighted by Gasteiger charge is -2.23. The van der Waals surface area contributed by atoms with Crippen LogP contribution < -0.4 is 5.32 Å². The lowest BCUT2D eigenvalue weighted by atomic mass is 9.83. The molecule has 2 radical (unpaired) electrons. The molecular formula is C12H11BBrNOS. The summed E-state index contributed by atoms with van der Waals surface area (Å²) in [4.78, 5) is 12.6. The van der Waals surface area contributed by atoms with Crippen LogP contribution in [0.5, 0.6) is 0 Å². The Balaban J connectivity index is 2.18. The number of allylic oxidation sites excluding steroid dienone is 4. The largest absolute Gasteiger partial charge is 0.325 e. The van der Waals surface area contributed by atoms with Crippen LogP contribution >= 0.6 is 27.3 Å². The Labute approximate surface area is 114 Å². The molecule has 1 aliphatic rings. The topological polar surface area (TPSA) is 29.1 Å². The van der Waals surface area contributed by atoms with Crippen LogP contribution in [0, 0.1) is 5.92 Å². The van der Waals surface area contributed by atoms with Gasteiger partial charge in [-0.05, 0) is 22.3 Å². The maximum atomic E-state index is 11.9. The number of hydrogen-bond acceptors (Lipinski definition) is 2. The van der Waals surface area contributed by atoms with Crippen molar-refractivity contribution in [1.29, 1.82) is 0 Å². The molecule has 1 aliphatic carbocycles. The van der Waals surface area contributed by atoms with E-state index in [1.807, 2.05) is 24.4 Å². The van der Waals surface area contributed by atoms with Crippen molar-refractivity contribution in [1.82, 2.24) is 5.32 Å². The highest BCUT2D eigenvalue weighted by Crippen LogP contribution is 2.29. The average molecular weight is 308 g/mol. The average Bonchev–Trinajstić information content (AvgIpc) is 2.76. The summed E-state index contributed by atoms with van der Waals surface area (Å²) in [5.41, 5.74) is 1.44. The van der Waals surface area contributed by atoms with E-state index in [9.17, 15) is 4.79 Å². The van der Waals surface area contributed by atoms with Gasteiger partial charge in [-0.2, -0.15) is 0 Å². The van der Waals surface area contributed by atoms with Gasteiger partial charge in [0.05, 0.1) is 4.88 Å². The minimum Gasteiger partial charge on any atom is -0.325 e. The van der Waals surface area contributed by atoms with Crippen LogP contribution in [0.1, 0.15) is 23.0 Å². The molecule has 1 aromatic rings. The number of carbonyl (C=O) groups is 1. The third-order valence-electron chi connectivity index (χ3n) is 2.61. The molecule has 17 heavy (non-hydrogen) atoms. The Hall–Kier alpha value is -0.805. The first-order chi connectivity index (χ1) is 8.08. The third kappa shape index (κ3) is 2.90. The van der Waals surface area contributed by atoms with Crippen LogP contribution in [-0.2, 0) is 0 Å². The molecule has 86 valence electrons. The van der Waals surface area contributed by atoms with Crippen LogP contribution in [0.15, 0.2) is 39.2 Å². The van der Waals surface area contributed by atoms with E-state index < -0.39 is 0 Å². The molecule has 1 atom stereocenters. The van der Waals surface area contributed by atoms with Crippen molar-refractivity contribution in [2.75, 3.05) is 0 Å². The van der Waals surface area contributed by atoms with E-state index in [-0.39, 0.29) is 11.8 Å². The van der Waals surface area contributed by atoms with E-state index >= 15 is 0 Å². The minimum atomic E-state index is -0.0868. The standard InChI is InChI=1S/C12H11BBrNOS/c1-7-5-8(14)6-9(13)11(7)15-12(16)10-3-2-4-17-10/h2-4,6-7H,5H2,1H3,(H,15,16). The van der Waals surface area contributed by atoms with Gasteiger partial charge in [-0.15, -0.1) is 11.3 Å². The summed E-state index contributed by atoms with van der Waals surface area (Å²) < 4.78 is 1.07. The van der Waals surface area contributed by atoms with E-state index in [1.54, 1.807) is 6.07 Å². The number of amides is 1. The molecule has 5 heteroatoms. The summed E-state index contributed by atoms with van der Waals surface area (Å²) in [7, 11) is 5.92. The van der Waals surface area contributed by atoms with Gasteiger partial charge in [-0.3, -0.25) is 4.79 Å². The number of nitrogens with one attached hydrogen (secondary N) is 1. The van der Waals surface area contributed by atoms with Gasteiger partial charge in [0.15, 0.2) is 0 Å². The van der Waals surface area contributed by atoms with Crippen molar-refractivity contribution in [2.24, 2.45) is 5.92 Å². The smallest absolute Gasteiger partial charge is 0.265 e. The zero-order valence-electron chi connectivity index (χ0n) is 9.37. The highest BCUT2D eigenvalue weighted by Gasteiger charge is 2.19. The predicted octanol–water partition coefficient (Wildman–Crippen LogP) is 3.18. The first-order valence-electron chi connectivity index (χ1n) is 5.28. The fourth-order valence-corrected chi connectivity index (χ4v) is 3.12. The predicted molar refractivity (Wildman–Crippen MR) is 75.4 cm³/mol. The van der Waals surface area contributed by atoms with Gasteiger partial charge in [0.25, 0.3) is 5.91 Å². The Morgan fingerprint density at radius 3 is 3.00 bits per heavy atom. The Bertz CT molecular complexity index is 493. The maximum Gasteiger partial charge on any atom is 0.265 e. The molecule has 2 nitrogen and oxygen atoms in total. The molecule has 1 N–H and O–H groups in total. The SMILES string of the molecule is [B]C1=C(NC(=O)c2cccs2)C(C)CC(Br)=C1. The van der Waals surface area contributed by atoms with Gasteiger partial charge in [0.2, 0.25) is 0 Å². The lowest BCUT2D eigenvalue weighted by molar-refractivity contribution is 0.0965. The minimum absolute atomic E-state index is 0.0868. The van der Waals surface area contributed by atoms with Crippen LogP contribution in [0.3, 0.4) is 0 Å². The molecule has 0 bridgehead atoms. The second-order valence-corrected chi connectivity index (χ2v) is 5.96. The van der Waals surface area contributed by atoms with Crippen LogP contribution in [0.2, 0.25) is 0 Å². The van der Waals surface area contributed by atoms with Gasteiger partial charge in [0, 0.05) is 11.6 Å². The van der Waals surface area contributed by atoms with Crippen molar-refractivity contribution >= 4 is 41.0 Å². The molecule has 0 saturated heterocycles. The lowest BCUT2D eigenvalue weighted by Crippen LogP contribution is -2.28. The molecule has 0 aliphatic heterocycles. The molecule has 0 spiro atoms. The summed E-state index contributed by atoms with van der Waals surface area (Å²) in [6.07, 6.45) is 2.71. The monoisotopic (exact) mass is 307 g/mol. The molecule has 0 aromatic carbocycles. The summed E-state index contributed by atoms with van der Waals surface area (Å²) in [5.74, 6) is 0.134. The molecule has 1 aromatic heterocycles. The van der Waals surface area contributed by atoms with Gasteiger partial charge < -0.3 is 5.32 Å². The maximum absolute atomic E-state index is 11.9. The number of hydrogen-bond donors (Lipinski definition) is 1. The second kappa shape index (κ2) is 5.23. The zero-order valence-corrected chi connectivity index (χ0v) is 11.8. The van der Waals surface area contributed by atoms with Crippen molar-refractivity contribution < 1.29 is 4.79 Å². The van der Waals surface area contributed by atoms with Gasteiger partial charge >= 0.3 is 0 Å². The summed E-state index contributed by atoms with van der Waals surface area (Å²) >= 11 is 4.86. The Morgan fingerprint density at radius 2 is 2.41 bits per heavy atom. The fraction of sp³-hybridized carbons (Fsp3) is 0.250. The molecule has 0 fully saturated rings. The normalized spacial score (nSPS) is 20.1. The van der Waals surface area contributed by atoms with Crippen molar-refractivity contribution in [3.63, 3.8) is 0 Å². The van der Waals surface area contributed by atoms with E-state index in [0.717, 1.165) is 16.6 Å². The highest BCUT2D eigenvalue weighted by molar-refractivity contribution is 9.11. The van der Waals surface area contributed by atoms with E-state index in [0.29, 0.717) is 10.3 Å². The molecule has 0 saturated carbocycles.